The number of aliphatic hydroxyl groups excluding tert-OH is 2. The maximum Gasteiger partial charge on any atom is 0.220 e. The minimum absolute atomic E-state index is 0.278. The van der Waals surface area contributed by atoms with E-state index in [9.17, 15) is 15.0 Å². The van der Waals surface area contributed by atoms with Gasteiger partial charge in [0.05, 0.1) is 18.2 Å². The van der Waals surface area contributed by atoms with Crippen LogP contribution in [0.3, 0.4) is 0 Å². The molecule has 0 saturated carbocycles. The number of nitrogens with zero attached hydrogens (tertiary/aromatic N) is 1. The monoisotopic (exact) mass is 185 g/mol. The number of hydrogen-bond acceptors (Lipinski definition) is 4. The Morgan fingerprint density at radius 2 is 2.38 bits per heavy atom. The van der Waals surface area contributed by atoms with Gasteiger partial charge >= 0.3 is 0 Å². The highest BCUT2D eigenvalue weighted by atomic mass is 16.3. The summed E-state index contributed by atoms with van der Waals surface area (Å²) >= 11 is 0. The number of amides is 1. The third-order valence-electron chi connectivity index (χ3n) is 1.62. The summed E-state index contributed by atoms with van der Waals surface area (Å²) < 4.78 is 0. The van der Waals surface area contributed by atoms with Gasteiger partial charge in [-0.3, -0.25) is 9.89 Å². The fourth-order valence-corrected chi connectivity index (χ4v) is 0.956. The average molecular weight is 185 g/mol. The van der Waals surface area contributed by atoms with E-state index in [1.807, 2.05) is 0 Å². The standard InChI is InChI=1S/C7H11N3O3/c8-6(12)3-5(11)7(13)4-1-2-9-10-4/h1-2,5,7,11,13H,3H2,(H2,8,12)(H,9,10). The first-order valence-electron chi connectivity index (χ1n) is 3.75. The second kappa shape index (κ2) is 4.01. The molecule has 1 heterocycles. The largest absolute Gasteiger partial charge is 0.389 e. The van der Waals surface area contributed by atoms with Gasteiger partial charge in [0.25, 0.3) is 0 Å². The Kier molecular flexibility index (Phi) is 2.99. The van der Waals surface area contributed by atoms with Crippen molar-refractivity contribution < 1.29 is 15.0 Å². The molecule has 0 aliphatic rings. The number of nitrogens with one attached hydrogen (secondary N) is 1. The van der Waals surface area contributed by atoms with Crippen LogP contribution in [0.2, 0.25) is 0 Å². The Bertz CT molecular complexity index is 273. The SMILES string of the molecule is NC(=O)CC(O)C(O)c1ccn[nH]1. The van der Waals surface area contributed by atoms with Crippen LogP contribution in [0.1, 0.15) is 18.2 Å². The molecule has 1 aromatic rings. The van der Waals surface area contributed by atoms with E-state index in [1.54, 1.807) is 0 Å². The van der Waals surface area contributed by atoms with Crippen LogP contribution in [0.25, 0.3) is 0 Å². The first-order chi connectivity index (χ1) is 6.11. The lowest BCUT2D eigenvalue weighted by Gasteiger charge is -2.14. The number of nitrogens with two attached hydrogens (primary N) is 1. The first kappa shape index (κ1) is 9.69. The molecule has 5 N–H and O–H groups in total. The molecule has 1 aromatic heterocycles. The minimum Gasteiger partial charge on any atom is -0.389 e. The Morgan fingerprint density at radius 3 is 2.85 bits per heavy atom. The summed E-state index contributed by atoms with van der Waals surface area (Å²) in [4.78, 5) is 10.4. The highest BCUT2D eigenvalue weighted by Crippen LogP contribution is 2.15. The van der Waals surface area contributed by atoms with Crippen LogP contribution < -0.4 is 5.73 Å². The number of aliphatic hydroxyl groups is 2. The molecule has 2 atom stereocenters. The fraction of sp³-hybridized carbons (Fsp3) is 0.429. The number of rotatable bonds is 4. The molecule has 0 aliphatic heterocycles. The van der Waals surface area contributed by atoms with Gasteiger partial charge in [-0.1, -0.05) is 0 Å². The summed E-state index contributed by atoms with van der Waals surface area (Å²) in [5, 5.41) is 24.7. The van der Waals surface area contributed by atoms with Crippen LogP contribution in [0.5, 0.6) is 0 Å². The van der Waals surface area contributed by atoms with Crippen molar-refractivity contribution in [3.63, 3.8) is 0 Å². The van der Waals surface area contributed by atoms with Crippen molar-refractivity contribution in [2.75, 3.05) is 0 Å². The highest BCUT2D eigenvalue weighted by molar-refractivity contribution is 5.74. The predicted octanol–water partition coefficient (Wildman–Crippen LogP) is -1.32. The third-order valence-corrected chi connectivity index (χ3v) is 1.62. The van der Waals surface area contributed by atoms with E-state index in [2.05, 4.69) is 10.2 Å². The molecule has 0 aromatic carbocycles. The fourth-order valence-electron chi connectivity index (χ4n) is 0.956. The quantitative estimate of drug-likeness (QED) is 0.466. The van der Waals surface area contributed by atoms with Crippen molar-refractivity contribution >= 4 is 5.91 Å². The highest BCUT2D eigenvalue weighted by Gasteiger charge is 2.20. The summed E-state index contributed by atoms with van der Waals surface area (Å²) in [6.45, 7) is 0. The molecule has 0 fully saturated rings. The zero-order valence-electron chi connectivity index (χ0n) is 6.84. The van der Waals surface area contributed by atoms with Gasteiger partial charge in [-0.15, -0.1) is 0 Å². The van der Waals surface area contributed by atoms with Crippen LogP contribution >= 0.6 is 0 Å². The lowest BCUT2D eigenvalue weighted by molar-refractivity contribution is -0.121. The van der Waals surface area contributed by atoms with Crippen LogP contribution in [0.4, 0.5) is 0 Å². The van der Waals surface area contributed by atoms with Crippen molar-refractivity contribution in [2.45, 2.75) is 18.6 Å². The van der Waals surface area contributed by atoms with Gasteiger partial charge in [0.15, 0.2) is 0 Å². The molecule has 2 unspecified atom stereocenters. The van der Waals surface area contributed by atoms with E-state index < -0.39 is 18.1 Å². The summed E-state index contributed by atoms with van der Waals surface area (Å²) in [6.07, 6.45) is -1.19. The molecule has 0 saturated heterocycles. The molecule has 72 valence electrons. The first-order valence-corrected chi connectivity index (χ1v) is 3.75. The van der Waals surface area contributed by atoms with Gasteiger partial charge in [-0.2, -0.15) is 5.10 Å². The summed E-state index contributed by atoms with van der Waals surface area (Å²) in [5.74, 6) is -0.661. The van der Waals surface area contributed by atoms with Gasteiger partial charge in [-0.25, -0.2) is 0 Å². The Balaban J connectivity index is 2.57. The average Bonchev–Trinajstić information content (AvgIpc) is 2.53. The van der Waals surface area contributed by atoms with Crippen molar-refractivity contribution in [1.29, 1.82) is 0 Å². The van der Waals surface area contributed by atoms with E-state index in [0.717, 1.165) is 0 Å². The van der Waals surface area contributed by atoms with Crippen molar-refractivity contribution in [3.8, 4) is 0 Å². The molecular formula is C7H11N3O3. The normalized spacial score (nSPS) is 15.2. The Labute approximate surface area is 74.4 Å². The maximum absolute atomic E-state index is 10.4. The minimum atomic E-state index is -1.20. The second-order valence-electron chi connectivity index (χ2n) is 2.69. The number of H-pyrrole nitrogens is 1. The lowest BCUT2D eigenvalue weighted by atomic mass is 10.1. The van der Waals surface area contributed by atoms with Gasteiger partial charge < -0.3 is 15.9 Å². The second-order valence-corrected chi connectivity index (χ2v) is 2.69. The zero-order valence-corrected chi connectivity index (χ0v) is 6.84. The number of hydrogen-bond donors (Lipinski definition) is 4. The molecule has 0 aliphatic carbocycles. The molecule has 6 heteroatoms. The smallest absolute Gasteiger partial charge is 0.220 e. The molecule has 0 radical (unpaired) electrons. The van der Waals surface area contributed by atoms with E-state index in [0.29, 0.717) is 5.69 Å². The van der Waals surface area contributed by atoms with Gasteiger partial charge in [0, 0.05) is 6.20 Å². The number of carbonyl (C=O) groups excluding carboxylic acids is 1. The Morgan fingerprint density at radius 1 is 1.69 bits per heavy atom. The van der Waals surface area contributed by atoms with E-state index in [4.69, 9.17) is 5.73 Å². The molecule has 0 spiro atoms. The number of carbonyl (C=O) groups is 1. The Hall–Kier alpha value is -1.40. The van der Waals surface area contributed by atoms with Crippen LogP contribution in [-0.4, -0.2) is 32.4 Å². The molecule has 0 bridgehead atoms. The van der Waals surface area contributed by atoms with E-state index >= 15 is 0 Å². The number of aromatic nitrogens is 2. The van der Waals surface area contributed by atoms with E-state index in [-0.39, 0.29) is 6.42 Å². The molecular weight excluding hydrogens is 174 g/mol. The topological polar surface area (TPSA) is 112 Å². The van der Waals surface area contributed by atoms with Crippen molar-refractivity contribution in [2.24, 2.45) is 5.73 Å². The molecule has 1 amide bonds. The van der Waals surface area contributed by atoms with Crippen LogP contribution in [-0.2, 0) is 4.79 Å². The maximum atomic E-state index is 10.4. The summed E-state index contributed by atoms with van der Waals surface area (Å²) in [5.41, 5.74) is 5.20. The number of aromatic amines is 1. The van der Waals surface area contributed by atoms with Gasteiger partial charge in [0.1, 0.15) is 6.10 Å². The van der Waals surface area contributed by atoms with Crippen LogP contribution in [0, 0.1) is 0 Å². The van der Waals surface area contributed by atoms with Gasteiger partial charge in [-0.05, 0) is 6.07 Å². The lowest BCUT2D eigenvalue weighted by Crippen LogP contribution is -2.25. The van der Waals surface area contributed by atoms with E-state index in [1.165, 1.54) is 12.3 Å². The summed E-state index contributed by atoms with van der Waals surface area (Å²) in [6, 6.07) is 1.51. The third kappa shape index (κ3) is 2.53. The predicted molar refractivity (Wildman–Crippen MR) is 43.4 cm³/mol. The van der Waals surface area contributed by atoms with Crippen LogP contribution in [0.15, 0.2) is 12.3 Å². The van der Waals surface area contributed by atoms with Crippen molar-refractivity contribution in [1.82, 2.24) is 10.2 Å². The molecule has 1 rings (SSSR count). The molecule has 13 heavy (non-hydrogen) atoms. The molecule has 6 nitrogen and oxygen atoms in total. The van der Waals surface area contributed by atoms with Gasteiger partial charge in [0.2, 0.25) is 5.91 Å². The number of primary amides is 1. The summed E-state index contributed by atoms with van der Waals surface area (Å²) in [7, 11) is 0. The zero-order chi connectivity index (χ0) is 9.84. The van der Waals surface area contributed by atoms with Crippen molar-refractivity contribution in [3.05, 3.63) is 18.0 Å².